The van der Waals surface area contributed by atoms with Gasteiger partial charge in [0.2, 0.25) is 16.0 Å². The quantitative estimate of drug-likeness (QED) is 0.482. The third-order valence-corrected chi connectivity index (χ3v) is 7.01. The van der Waals surface area contributed by atoms with E-state index in [1.807, 2.05) is 4.72 Å². The van der Waals surface area contributed by atoms with E-state index in [1.54, 1.807) is 37.9 Å². The van der Waals surface area contributed by atoms with E-state index in [1.165, 1.54) is 10.6 Å². The topological polar surface area (TPSA) is 113 Å². The summed E-state index contributed by atoms with van der Waals surface area (Å²) in [6.45, 7) is 3.64. The van der Waals surface area contributed by atoms with E-state index in [9.17, 15) is 31.2 Å². The fourth-order valence-corrected chi connectivity index (χ4v) is 5.00. The first-order chi connectivity index (χ1) is 17.6. The van der Waals surface area contributed by atoms with Crippen LogP contribution in [0.3, 0.4) is 0 Å². The molecule has 0 aliphatic carbocycles. The van der Waals surface area contributed by atoms with Gasteiger partial charge in [-0.05, 0) is 43.7 Å². The van der Waals surface area contributed by atoms with Gasteiger partial charge < -0.3 is 10.2 Å². The summed E-state index contributed by atoms with van der Waals surface area (Å²) in [6.07, 6.45) is 0.122. The first-order valence-electron chi connectivity index (χ1n) is 11.9. The second kappa shape index (κ2) is 9.93. The van der Waals surface area contributed by atoms with Crippen LogP contribution in [-0.2, 0) is 17.1 Å². The van der Waals surface area contributed by atoms with Crippen molar-refractivity contribution in [3.63, 3.8) is 0 Å². The van der Waals surface area contributed by atoms with Crippen LogP contribution >= 0.6 is 0 Å². The molecule has 0 radical (unpaired) electrons. The number of carbonyl (C=O) groups is 1. The molecule has 3 aromatic rings. The maximum atomic E-state index is 14.0. The van der Waals surface area contributed by atoms with E-state index in [0.29, 0.717) is 16.5 Å². The van der Waals surface area contributed by atoms with E-state index in [2.05, 4.69) is 5.32 Å². The van der Waals surface area contributed by atoms with Crippen LogP contribution in [0.1, 0.15) is 47.3 Å². The Balaban J connectivity index is 1.77. The standard InChI is InChI=1S/C25H28F3N5O4S/c1-14-11-17(15(2)29-20-6-5-16(26)13-18(20)22(34)31-38(4,36)37)21-19(12-14)23(35)32(3)24(30-21)33-9-7-25(27,28)8-10-33/h5-6,11-13,15,29H,7-10H2,1-4H3,(H,31,34)/t15-/m1/s1. The van der Waals surface area contributed by atoms with Gasteiger partial charge in [0.25, 0.3) is 17.4 Å². The van der Waals surface area contributed by atoms with Gasteiger partial charge in [-0.2, -0.15) is 0 Å². The van der Waals surface area contributed by atoms with Crippen LogP contribution in [0.4, 0.5) is 24.8 Å². The molecule has 1 amide bonds. The average Bonchev–Trinajstić information content (AvgIpc) is 2.81. The van der Waals surface area contributed by atoms with Gasteiger partial charge >= 0.3 is 0 Å². The number of sulfonamides is 1. The monoisotopic (exact) mass is 551 g/mol. The van der Waals surface area contributed by atoms with Gasteiger partial charge in [-0.3, -0.25) is 14.2 Å². The number of aryl methyl sites for hydroxylation is 1. The van der Waals surface area contributed by atoms with Gasteiger partial charge in [0.05, 0.1) is 28.8 Å². The van der Waals surface area contributed by atoms with Crippen LogP contribution in [0.25, 0.3) is 10.9 Å². The molecule has 2 N–H and O–H groups in total. The zero-order valence-electron chi connectivity index (χ0n) is 21.3. The molecule has 1 fully saturated rings. The molecule has 9 nitrogen and oxygen atoms in total. The number of piperidine rings is 1. The molecule has 1 aliphatic heterocycles. The van der Waals surface area contributed by atoms with Crippen molar-refractivity contribution in [3.05, 3.63) is 63.2 Å². The first-order valence-corrected chi connectivity index (χ1v) is 13.8. The van der Waals surface area contributed by atoms with Crippen LogP contribution in [-0.4, -0.2) is 49.1 Å². The van der Waals surface area contributed by atoms with Crippen LogP contribution in [0.5, 0.6) is 0 Å². The number of alkyl halides is 2. The Morgan fingerprint density at radius 1 is 1.16 bits per heavy atom. The molecule has 2 aromatic carbocycles. The summed E-state index contributed by atoms with van der Waals surface area (Å²) >= 11 is 0. The van der Waals surface area contributed by atoms with E-state index >= 15 is 0 Å². The molecule has 1 atom stereocenters. The lowest BCUT2D eigenvalue weighted by Crippen LogP contribution is -2.42. The molecule has 0 spiro atoms. The maximum absolute atomic E-state index is 14.0. The van der Waals surface area contributed by atoms with E-state index in [-0.39, 0.29) is 48.7 Å². The lowest BCUT2D eigenvalue weighted by molar-refractivity contribution is -0.0223. The van der Waals surface area contributed by atoms with Crippen LogP contribution in [0.15, 0.2) is 35.1 Å². The molecular formula is C25H28F3N5O4S. The van der Waals surface area contributed by atoms with Gasteiger partial charge in [0.15, 0.2) is 0 Å². The van der Waals surface area contributed by atoms with Crippen molar-refractivity contribution in [1.82, 2.24) is 14.3 Å². The summed E-state index contributed by atoms with van der Waals surface area (Å²) in [5.74, 6) is -4.23. The van der Waals surface area contributed by atoms with Crippen LogP contribution in [0, 0.1) is 12.7 Å². The van der Waals surface area contributed by atoms with Crippen molar-refractivity contribution >= 4 is 38.5 Å². The zero-order chi connectivity index (χ0) is 28.0. The van der Waals surface area contributed by atoms with Crippen LogP contribution in [0.2, 0.25) is 0 Å². The Morgan fingerprint density at radius 3 is 2.45 bits per heavy atom. The van der Waals surface area contributed by atoms with Crippen molar-refractivity contribution in [2.45, 2.75) is 38.7 Å². The average molecular weight is 552 g/mol. The molecule has 4 rings (SSSR count). The smallest absolute Gasteiger partial charge is 0.266 e. The highest BCUT2D eigenvalue weighted by atomic mass is 32.2. The number of fused-ring (bicyclic) bond motifs is 1. The fourth-order valence-electron chi connectivity index (χ4n) is 4.55. The maximum Gasteiger partial charge on any atom is 0.266 e. The molecule has 38 heavy (non-hydrogen) atoms. The van der Waals surface area contributed by atoms with Crippen molar-refractivity contribution < 1.29 is 26.4 Å². The fraction of sp³-hybridized carbons (Fsp3) is 0.400. The summed E-state index contributed by atoms with van der Waals surface area (Å²) < 4.78 is 67.8. The first kappa shape index (κ1) is 27.4. The summed E-state index contributed by atoms with van der Waals surface area (Å²) in [5.41, 5.74) is 1.31. The highest BCUT2D eigenvalue weighted by Crippen LogP contribution is 2.32. The van der Waals surface area contributed by atoms with Crippen LogP contribution < -0.4 is 20.5 Å². The number of nitrogens with zero attached hydrogens (tertiary/aromatic N) is 3. The summed E-state index contributed by atoms with van der Waals surface area (Å²) in [6, 6.07) is 6.28. The number of anilines is 2. The Bertz CT molecular complexity index is 1580. The largest absolute Gasteiger partial charge is 0.378 e. The molecular weight excluding hydrogens is 523 g/mol. The van der Waals surface area contributed by atoms with Gasteiger partial charge in [-0.25, -0.2) is 31.3 Å². The lowest BCUT2D eigenvalue weighted by atomic mass is 10.0. The van der Waals surface area contributed by atoms with E-state index < -0.39 is 33.7 Å². The Labute approximate surface area is 217 Å². The number of rotatable bonds is 6. The van der Waals surface area contributed by atoms with Gasteiger partial charge in [-0.15, -0.1) is 0 Å². The van der Waals surface area contributed by atoms with Crippen molar-refractivity contribution in [2.75, 3.05) is 29.6 Å². The normalized spacial score (nSPS) is 16.3. The van der Waals surface area contributed by atoms with E-state index in [0.717, 1.165) is 24.0 Å². The molecule has 1 saturated heterocycles. The third kappa shape index (κ3) is 5.77. The molecule has 1 aliphatic rings. The number of halogens is 3. The number of carbonyl (C=O) groups excluding carboxylic acids is 1. The number of aromatic nitrogens is 2. The third-order valence-electron chi connectivity index (χ3n) is 6.45. The molecule has 0 unspecified atom stereocenters. The summed E-state index contributed by atoms with van der Waals surface area (Å²) in [4.78, 5) is 32.2. The molecule has 13 heteroatoms. The Kier molecular flexibility index (Phi) is 7.17. The minimum absolute atomic E-state index is 0.0438. The second-order valence-corrected chi connectivity index (χ2v) is 11.4. The minimum Gasteiger partial charge on any atom is -0.378 e. The molecule has 1 aromatic heterocycles. The van der Waals surface area contributed by atoms with Gasteiger partial charge in [-0.1, -0.05) is 6.07 Å². The predicted molar refractivity (Wildman–Crippen MR) is 139 cm³/mol. The molecule has 0 saturated carbocycles. The predicted octanol–water partition coefficient (Wildman–Crippen LogP) is 3.48. The lowest BCUT2D eigenvalue weighted by Gasteiger charge is -2.33. The number of amides is 1. The number of nitrogens with one attached hydrogen (secondary N) is 2. The number of benzene rings is 2. The minimum atomic E-state index is -3.90. The van der Waals surface area contributed by atoms with Crippen molar-refractivity contribution in [2.24, 2.45) is 7.05 Å². The number of hydrogen-bond acceptors (Lipinski definition) is 7. The SMILES string of the molecule is Cc1cc([C@@H](C)Nc2ccc(F)cc2C(=O)NS(C)(=O)=O)c2nc(N3CCC(F)(F)CC3)n(C)c(=O)c2c1. The van der Waals surface area contributed by atoms with Gasteiger partial charge in [0.1, 0.15) is 5.82 Å². The highest BCUT2D eigenvalue weighted by Gasteiger charge is 2.35. The van der Waals surface area contributed by atoms with Gasteiger partial charge in [0, 0.05) is 44.2 Å². The second-order valence-electron chi connectivity index (χ2n) is 9.63. The summed E-state index contributed by atoms with van der Waals surface area (Å²) in [7, 11) is -2.35. The molecule has 204 valence electrons. The molecule has 0 bridgehead atoms. The Morgan fingerprint density at radius 2 is 1.82 bits per heavy atom. The zero-order valence-corrected chi connectivity index (χ0v) is 22.1. The van der Waals surface area contributed by atoms with Crippen molar-refractivity contribution in [1.29, 1.82) is 0 Å². The summed E-state index contributed by atoms with van der Waals surface area (Å²) in [5, 5.41) is 3.43. The Hall–Kier alpha value is -3.61. The highest BCUT2D eigenvalue weighted by molar-refractivity contribution is 7.89. The van der Waals surface area contributed by atoms with E-state index in [4.69, 9.17) is 4.98 Å². The number of hydrogen-bond donors (Lipinski definition) is 2. The molecule has 2 heterocycles. The van der Waals surface area contributed by atoms with Crippen molar-refractivity contribution in [3.8, 4) is 0 Å².